The Morgan fingerprint density at radius 3 is 3.00 bits per heavy atom. The Morgan fingerprint density at radius 1 is 1.56 bits per heavy atom. The van der Waals surface area contributed by atoms with Crippen LogP contribution in [0.4, 0.5) is 0 Å². The Kier molecular flexibility index (Phi) is 4.38. The molecule has 2 rings (SSSR count). The van der Waals surface area contributed by atoms with Crippen molar-refractivity contribution in [1.29, 1.82) is 0 Å². The fourth-order valence-electron chi connectivity index (χ4n) is 2.08. The van der Waals surface area contributed by atoms with Crippen LogP contribution >= 0.6 is 0 Å². The molecule has 5 heteroatoms. The van der Waals surface area contributed by atoms with Gasteiger partial charge in [-0.15, -0.1) is 0 Å². The molecule has 0 saturated carbocycles. The molecule has 0 bridgehead atoms. The van der Waals surface area contributed by atoms with E-state index in [2.05, 4.69) is 5.32 Å². The number of aromatic carboxylic acids is 1. The molecule has 1 aliphatic rings. The quantitative estimate of drug-likeness (QED) is 0.841. The number of carboxylic acids is 1. The first-order valence-corrected chi connectivity index (χ1v) is 6.35. The zero-order valence-corrected chi connectivity index (χ0v) is 10.5. The Labute approximate surface area is 106 Å². The lowest BCUT2D eigenvalue weighted by atomic mass is 10.1. The predicted octanol–water partition coefficient (Wildman–Crippen LogP) is 2.20. The zero-order valence-electron chi connectivity index (χ0n) is 10.5. The average Bonchev–Trinajstić information content (AvgIpc) is 2.87. The van der Waals surface area contributed by atoms with Gasteiger partial charge in [0.25, 0.3) is 0 Å². The summed E-state index contributed by atoms with van der Waals surface area (Å²) in [7, 11) is 0. The topological polar surface area (TPSA) is 71.7 Å². The van der Waals surface area contributed by atoms with E-state index in [-0.39, 0.29) is 17.9 Å². The van der Waals surface area contributed by atoms with Crippen LogP contribution in [0.25, 0.3) is 0 Å². The molecule has 0 aromatic carbocycles. The number of nitrogens with one attached hydrogen (secondary N) is 1. The van der Waals surface area contributed by atoms with Gasteiger partial charge in [-0.2, -0.15) is 0 Å². The van der Waals surface area contributed by atoms with Crippen molar-refractivity contribution in [1.82, 2.24) is 5.32 Å². The van der Waals surface area contributed by atoms with Gasteiger partial charge < -0.3 is 19.6 Å². The number of ether oxygens (including phenoxy) is 1. The minimum Gasteiger partial charge on any atom is -0.475 e. The summed E-state index contributed by atoms with van der Waals surface area (Å²) in [4.78, 5) is 10.7. The normalized spacial score (nSPS) is 21.7. The third-order valence-corrected chi connectivity index (χ3v) is 3.19. The van der Waals surface area contributed by atoms with Gasteiger partial charge in [-0.05, 0) is 38.3 Å². The highest BCUT2D eigenvalue weighted by atomic mass is 16.5. The van der Waals surface area contributed by atoms with E-state index in [1.165, 1.54) is 12.5 Å². The van der Waals surface area contributed by atoms with Crippen LogP contribution in [-0.4, -0.2) is 30.3 Å². The summed E-state index contributed by atoms with van der Waals surface area (Å²) >= 11 is 0. The summed E-state index contributed by atoms with van der Waals surface area (Å²) < 4.78 is 10.9. The molecule has 1 aromatic rings. The number of carboxylic acid groups (broad SMARTS) is 1. The van der Waals surface area contributed by atoms with Gasteiger partial charge in [-0.1, -0.05) is 0 Å². The van der Waals surface area contributed by atoms with Crippen LogP contribution in [0, 0.1) is 0 Å². The maximum Gasteiger partial charge on any atom is 0.371 e. The highest BCUT2D eigenvalue weighted by Gasteiger charge is 2.17. The number of hydrogen-bond donors (Lipinski definition) is 2. The van der Waals surface area contributed by atoms with Gasteiger partial charge in [0.2, 0.25) is 5.76 Å². The number of furan rings is 1. The van der Waals surface area contributed by atoms with Crippen molar-refractivity contribution in [3.63, 3.8) is 0 Å². The van der Waals surface area contributed by atoms with Crippen molar-refractivity contribution in [3.8, 4) is 0 Å². The molecule has 1 fully saturated rings. The van der Waals surface area contributed by atoms with Crippen LogP contribution in [0.5, 0.6) is 0 Å². The van der Waals surface area contributed by atoms with Gasteiger partial charge in [0.1, 0.15) is 5.76 Å². The largest absolute Gasteiger partial charge is 0.475 e. The summed E-state index contributed by atoms with van der Waals surface area (Å²) in [6.45, 7) is 3.56. The number of hydrogen-bond acceptors (Lipinski definition) is 4. The number of rotatable bonds is 5. The molecule has 0 spiro atoms. The third kappa shape index (κ3) is 3.34. The summed E-state index contributed by atoms with van der Waals surface area (Å²) in [5.74, 6) is -0.417. The van der Waals surface area contributed by atoms with Crippen molar-refractivity contribution < 1.29 is 19.1 Å². The maximum absolute atomic E-state index is 10.7. The predicted molar refractivity (Wildman–Crippen MR) is 65.7 cm³/mol. The first kappa shape index (κ1) is 13.1. The van der Waals surface area contributed by atoms with E-state index in [9.17, 15) is 4.79 Å². The van der Waals surface area contributed by atoms with E-state index >= 15 is 0 Å². The van der Waals surface area contributed by atoms with Gasteiger partial charge in [-0.25, -0.2) is 4.79 Å². The standard InChI is InChI=1S/C13H19NO4/c1-9(11-5-6-12(18-11)13(15)16)14-8-10-4-2-3-7-17-10/h5-6,9-10,14H,2-4,7-8H2,1H3,(H,15,16). The second kappa shape index (κ2) is 6.02. The van der Waals surface area contributed by atoms with Gasteiger partial charge in [0, 0.05) is 13.2 Å². The first-order chi connectivity index (χ1) is 8.66. The molecule has 2 atom stereocenters. The van der Waals surface area contributed by atoms with Crippen LogP contribution in [0.1, 0.15) is 48.5 Å². The average molecular weight is 253 g/mol. The minimum atomic E-state index is -1.04. The molecule has 1 aromatic heterocycles. The van der Waals surface area contributed by atoms with Crippen molar-refractivity contribution >= 4 is 5.97 Å². The molecule has 2 heterocycles. The molecule has 1 saturated heterocycles. The van der Waals surface area contributed by atoms with Crippen molar-refractivity contribution in [2.75, 3.05) is 13.2 Å². The molecular weight excluding hydrogens is 234 g/mol. The fraction of sp³-hybridized carbons (Fsp3) is 0.615. The molecular formula is C13H19NO4. The minimum absolute atomic E-state index is 0.0105. The lowest BCUT2D eigenvalue weighted by molar-refractivity contribution is 0.0152. The maximum atomic E-state index is 10.7. The summed E-state index contributed by atoms with van der Waals surface area (Å²) in [5.41, 5.74) is 0. The molecule has 0 amide bonds. The van der Waals surface area contributed by atoms with Gasteiger partial charge in [-0.3, -0.25) is 0 Å². The third-order valence-electron chi connectivity index (χ3n) is 3.19. The van der Waals surface area contributed by atoms with Crippen LogP contribution in [0.15, 0.2) is 16.5 Å². The Morgan fingerprint density at radius 2 is 2.39 bits per heavy atom. The van der Waals surface area contributed by atoms with E-state index in [1.54, 1.807) is 6.07 Å². The van der Waals surface area contributed by atoms with Crippen molar-refractivity contribution in [2.45, 2.75) is 38.3 Å². The zero-order chi connectivity index (χ0) is 13.0. The van der Waals surface area contributed by atoms with E-state index in [0.29, 0.717) is 5.76 Å². The highest BCUT2D eigenvalue weighted by Crippen LogP contribution is 2.17. The molecule has 2 unspecified atom stereocenters. The van der Waals surface area contributed by atoms with Crippen LogP contribution in [0.2, 0.25) is 0 Å². The molecule has 0 radical (unpaired) electrons. The second-order valence-corrected chi connectivity index (χ2v) is 4.63. The molecule has 2 N–H and O–H groups in total. The fourth-order valence-corrected chi connectivity index (χ4v) is 2.08. The Balaban J connectivity index is 1.82. The molecule has 1 aliphatic heterocycles. The second-order valence-electron chi connectivity index (χ2n) is 4.63. The van der Waals surface area contributed by atoms with Crippen molar-refractivity contribution in [3.05, 3.63) is 23.7 Å². The lowest BCUT2D eigenvalue weighted by Crippen LogP contribution is -2.33. The Bertz CT molecular complexity index is 395. The highest BCUT2D eigenvalue weighted by molar-refractivity contribution is 5.84. The SMILES string of the molecule is CC(NCC1CCCCO1)c1ccc(C(=O)O)o1. The van der Waals surface area contributed by atoms with E-state index < -0.39 is 5.97 Å². The summed E-state index contributed by atoms with van der Waals surface area (Å²) in [5, 5.41) is 12.1. The smallest absolute Gasteiger partial charge is 0.371 e. The molecule has 0 aliphatic carbocycles. The van der Waals surface area contributed by atoms with Gasteiger partial charge in [0.15, 0.2) is 0 Å². The van der Waals surface area contributed by atoms with Crippen LogP contribution in [0.3, 0.4) is 0 Å². The lowest BCUT2D eigenvalue weighted by Gasteiger charge is -2.24. The monoisotopic (exact) mass is 253 g/mol. The molecule has 100 valence electrons. The van der Waals surface area contributed by atoms with Gasteiger partial charge in [0.05, 0.1) is 12.1 Å². The van der Waals surface area contributed by atoms with E-state index in [0.717, 1.165) is 26.0 Å². The van der Waals surface area contributed by atoms with Crippen LogP contribution in [-0.2, 0) is 4.74 Å². The molecule has 18 heavy (non-hydrogen) atoms. The summed E-state index contributed by atoms with van der Waals surface area (Å²) in [6, 6.07) is 3.17. The van der Waals surface area contributed by atoms with E-state index in [1.807, 2.05) is 6.92 Å². The number of carbonyl (C=O) groups is 1. The van der Waals surface area contributed by atoms with Crippen molar-refractivity contribution in [2.24, 2.45) is 0 Å². The first-order valence-electron chi connectivity index (χ1n) is 6.35. The molecule has 5 nitrogen and oxygen atoms in total. The Hall–Kier alpha value is -1.33. The van der Waals surface area contributed by atoms with Crippen LogP contribution < -0.4 is 5.32 Å². The van der Waals surface area contributed by atoms with E-state index in [4.69, 9.17) is 14.3 Å². The summed E-state index contributed by atoms with van der Waals surface area (Å²) in [6.07, 6.45) is 3.70. The van der Waals surface area contributed by atoms with Gasteiger partial charge >= 0.3 is 5.97 Å².